The van der Waals surface area contributed by atoms with E-state index in [0.29, 0.717) is 5.91 Å². The van der Waals surface area contributed by atoms with Gasteiger partial charge in [0.15, 0.2) is 0 Å². The Labute approximate surface area is 106 Å². The number of carbonyl (C=O) groups excluding carboxylic acids is 1. The Morgan fingerprint density at radius 2 is 1.82 bits per heavy atom. The molecule has 17 heavy (non-hydrogen) atoms. The molecular weight excluding hydrogens is 212 g/mol. The first kappa shape index (κ1) is 14.5. The molecule has 100 valence electrons. The molecule has 0 spiro atoms. The van der Waals surface area contributed by atoms with Crippen molar-refractivity contribution in [1.82, 2.24) is 10.2 Å². The number of carbonyl (C=O) groups is 1. The minimum absolute atomic E-state index is 0.0973. The van der Waals surface area contributed by atoms with Crippen LogP contribution in [0.3, 0.4) is 0 Å². The van der Waals surface area contributed by atoms with Crippen molar-refractivity contribution in [3.05, 3.63) is 0 Å². The molecule has 1 unspecified atom stereocenters. The van der Waals surface area contributed by atoms with E-state index < -0.39 is 0 Å². The molecule has 1 aliphatic rings. The van der Waals surface area contributed by atoms with Crippen LogP contribution in [0.1, 0.15) is 65.2 Å². The molecule has 0 aromatic heterocycles. The van der Waals surface area contributed by atoms with Crippen LogP contribution in [0.2, 0.25) is 0 Å². The van der Waals surface area contributed by atoms with E-state index in [1.165, 1.54) is 32.1 Å². The lowest BCUT2D eigenvalue weighted by molar-refractivity contribution is -0.129. The zero-order chi connectivity index (χ0) is 12.5. The molecule has 1 amide bonds. The summed E-state index contributed by atoms with van der Waals surface area (Å²) in [6.07, 6.45) is 9.80. The first-order valence-corrected chi connectivity index (χ1v) is 7.31. The summed E-state index contributed by atoms with van der Waals surface area (Å²) in [6, 6.07) is 0.0973. The van der Waals surface area contributed by atoms with Gasteiger partial charge in [-0.2, -0.15) is 0 Å². The lowest BCUT2D eigenvalue weighted by atomic mass is 10.1. The van der Waals surface area contributed by atoms with Crippen molar-refractivity contribution in [2.24, 2.45) is 0 Å². The summed E-state index contributed by atoms with van der Waals surface area (Å²) in [4.78, 5) is 13.9. The maximum atomic E-state index is 11.9. The Kier molecular flexibility index (Phi) is 7.25. The molecule has 0 aromatic carbocycles. The van der Waals surface area contributed by atoms with Crippen LogP contribution in [0, 0.1) is 0 Å². The normalized spacial score (nSPS) is 20.2. The van der Waals surface area contributed by atoms with Crippen LogP contribution in [0.25, 0.3) is 0 Å². The molecular formula is C14H28N2O. The highest BCUT2D eigenvalue weighted by Gasteiger charge is 2.29. The second kappa shape index (κ2) is 8.51. The third-order valence-corrected chi connectivity index (χ3v) is 3.50. The Morgan fingerprint density at radius 3 is 2.53 bits per heavy atom. The fraction of sp³-hybridized carbons (Fsp3) is 0.929. The van der Waals surface area contributed by atoms with Crippen LogP contribution in [-0.2, 0) is 4.79 Å². The predicted octanol–water partition coefficient (Wildman–Crippen LogP) is 2.90. The predicted molar refractivity (Wildman–Crippen MR) is 71.8 cm³/mol. The first-order chi connectivity index (χ1) is 8.29. The zero-order valence-corrected chi connectivity index (χ0v) is 11.5. The van der Waals surface area contributed by atoms with Gasteiger partial charge in [0, 0.05) is 6.54 Å². The van der Waals surface area contributed by atoms with Crippen molar-refractivity contribution in [3.63, 3.8) is 0 Å². The molecule has 0 bridgehead atoms. The molecule has 3 heteroatoms. The van der Waals surface area contributed by atoms with Crippen molar-refractivity contribution in [2.45, 2.75) is 71.3 Å². The second-order valence-corrected chi connectivity index (χ2v) is 5.07. The van der Waals surface area contributed by atoms with Crippen molar-refractivity contribution in [2.75, 3.05) is 13.2 Å². The Balaban J connectivity index is 2.06. The van der Waals surface area contributed by atoms with Crippen LogP contribution in [0.4, 0.5) is 0 Å². The highest BCUT2D eigenvalue weighted by molar-refractivity contribution is 5.83. The highest BCUT2D eigenvalue weighted by Crippen LogP contribution is 2.11. The summed E-state index contributed by atoms with van der Waals surface area (Å²) in [5, 5.41) is 3.29. The van der Waals surface area contributed by atoms with Gasteiger partial charge in [-0.25, -0.2) is 0 Å². The van der Waals surface area contributed by atoms with E-state index in [1.54, 1.807) is 0 Å². The number of nitrogens with zero attached hydrogens (tertiary/aromatic N) is 1. The fourth-order valence-electron chi connectivity index (χ4n) is 2.39. The van der Waals surface area contributed by atoms with Crippen LogP contribution < -0.4 is 5.32 Å². The zero-order valence-electron chi connectivity index (χ0n) is 11.5. The van der Waals surface area contributed by atoms with Crippen molar-refractivity contribution in [1.29, 1.82) is 0 Å². The van der Waals surface area contributed by atoms with E-state index in [4.69, 9.17) is 0 Å². The molecule has 1 atom stereocenters. The maximum absolute atomic E-state index is 11.9. The summed E-state index contributed by atoms with van der Waals surface area (Å²) in [7, 11) is 0. The average molecular weight is 240 g/mol. The molecule has 0 aromatic rings. The van der Waals surface area contributed by atoms with Gasteiger partial charge in [-0.15, -0.1) is 0 Å². The van der Waals surface area contributed by atoms with E-state index in [9.17, 15) is 4.79 Å². The van der Waals surface area contributed by atoms with Crippen LogP contribution >= 0.6 is 0 Å². The summed E-state index contributed by atoms with van der Waals surface area (Å²) < 4.78 is 0. The minimum Gasteiger partial charge on any atom is -0.329 e. The highest BCUT2D eigenvalue weighted by atomic mass is 16.2. The molecule has 0 radical (unpaired) electrons. The van der Waals surface area contributed by atoms with Crippen LogP contribution in [-0.4, -0.2) is 30.1 Å². The molecule has 1 N–H and O–H groups in total. The van der Waals surface area contributed by atoms with Gasteiger partial charge in [0.25, 0.3) is 0 Å². The SMILES string of the molecule is CCCCCCCCN1CNC(CCC)C1=O. The number of amides is 1. The van der Waals surface area contributed by atoms with E-state index in [-0.39, 0.29) is 6.04 Å². The number of unbranched alkanes of at least 4 members (excludes halogenated alkanes) is 5. The van der Waals surface area contributed by atoms with E-state index in [2.05, 4.69) is 19.2 Å². The Morgan fingerprint density at radius 1 is 1.12 bits per heavy atom. The van der Waals surface area contributed by atoms with Crippen molar-refractivity contribution >= 4 is 5.91 Å². The van der Waals surface area contributed by atoms with Gasteiger partial charge >= 0.3 is 0 Å². The summed E-state index contributed by atoms with van der Waals surface area (Å²) in [6.45, 7) is 6.07. The van der Waals surface area contributed by atoms with Gasteiger partial charge in [-0.3, -0.25) is 10.1 Å². The molecule has 0 aliphatic carbocycles. The number of nitrogens with one attached hydrogen (secondary N) is 1. The van der Waals surface area contributed by atoms with E-state index in [0.717, 1.165) is 32.5 Å². The van der Waals surface area contributed by atoms with Gasteiger partial charge in [0.1, 0.15) is 0 Å². The molecule has 1 fully saturated rings. The minimum atomic E-state index is 0.0973. The molecule has 3 nitrogen and oxygen atoms in total. The molecule has 1 rings (SSSR count). The number of hydrogen-bond acceptors (Lipinski definition) is 2. The van der Waals surface area contributed by atoms with Gasteiger partial charge in [0.2, 0.25) is 5.91 Å². The van der Waals surface area contributed by atoms with Crippen LogP contribution in [0.15, 0.2) is 0 Å². The molecule has 0 saturated carbocycles. The average Bonchev–Trinajstić information content (AvgIpc) is 2.67. The third-order valence-electron chi connectivity index (χ3n) is 3.50. The topological polar surface area (TPSA) is 32.3 Å². The van der Waals surface area contributed by atoms with Gasteiger partial charge in [0.05, 0.1) is 12.7 Å². The standard InChI is InChI=1S/C14H28N2O/c1-3-5-6-7-8-9-11-16-12-15-13(10-4-2)14(16)17/h13,15H,3-12H2,1-2H3. The van der Waals surface area contributed by atoms with Crippen LogP contribution in [0.5, 0.6) is 0 Å². The third kappa shape index (κ3) is 5.07. The number of hydrogen-bond donors (Lipinski definition) is 1. The monoisotopic (exact) mass is 240 g/mol. The lowest BCUT2D eigenvalue weighted by Gasteiger charge is -2.15. The van der Waals surface area contributed by atoms with Gasteiger partial charge < -0.3 is 4.90 Å². The smallest absolute Gasteiger partial charge is 0.240 e. The number of rotatable bonds is 9. The van der Waals surface area contributed by atoms with E-state index in [1.807, 2.05) is 4.90 Å². The fourth-order valence-corrected chi connectivity index (χ4v) is 2.39. The van der Waals surface area contributed by atoms with Crippen molar-refractivity contribution in [3.8, 4) is 0 Å². The molecule has 1 saturated heterocycles. The first-order valence-electron chi connectivity index (χ1n) is 7.31. The lowest BCUT2D eigenvalue weighted by Crippen LogP contribution is -2.31. The van der Waals surface area contributed by atoms with Gasteiger partial charge in [-0.1, -0.05) is 52.4 Å². The molecule has 1 heterocycles. The summed E-state index contributed by atoms with van der Waals surface area (Å²) >= 11 is 0. The molecule has 1 aliphatic heterocycles. The quantitative estimate of drug-likeness (QED) is 0.628. The second-order valence-electron chi connectivity index (χ2n) is 5.07. The largest absolute Gasteiger partial charge is 0.329 e. The Bertz CT molecular complexity index is 218. The summed E-state index contributed by atoms with van der Waals surface area (Å²) in [5.74, 6) is 0.320. The van der Waals surface area contributed by atoms with E-state index >= 15 is 0 Å². The Hall–Kier alpha value is -0.570. The maximum Gasteiger partial charge on any atom is 0.240 e. The summed E-state index contributed by atoms with van der Waals surface area (Å²) in [5.41, 5.74) is 0. The van der Waals surface area contributed by atoms with Gasteiger partial charge in [-0.05, 0) is 12.8 Å². The van der Waals surface area contributed by atoms with Crippen molar-refractivity contribution < 1.29 is 4.79 Å².